The van der Waals surface area contributed by atoms with E-state index >= 15 is 0 Å². The second-order valence-electron chi connectivity index (χ2n) is 5.81. The molecule has 4 rings (SSSR count). The summed E-state index contributed by atoms with van der Waals surface area (Å²) in [7, 11) is 0. The van der Waals surface area contributed by atoms with E-state index in [1.807, 2.05) is 0 Å². The predicted molar refractivity (Wildman–Crippen MR) is 83.9 cm³/mol. The largest absolute Gasteiger partial charge is 0.467 e. The van der Waals surface area contributed by atoms with E-state index in [1.54, 1.807) is 11.8 Å². The number of hydrogen-bond acceptors (Lipinski definition) is 5. The monoisotopic (exact) mass is 335 g/mol. The van der Waals surface area contributed by atoms with Crippen LogP contribution in [0.25, 0.3) is 0 Å². The van der Waals surface area contributed by atoms with Crippen molar-refractivity contribution in [3.05, 3.63) is 34.9 Å². The zero-order valence-corrected chi connectivity index (χ0v) is 13.7. The highest BCUT2D eigenvalue weighted by Crippen LogP contribution is 2.40. The molecule has 0 spiro atoms. The van der Waals surface area contributed by atoms with E-state index in [0.29, 0.717) is 18.3 Å². The Balaban J connectivity index is 1.56. The number of thioether (sulfide) groups is 1. The molecule has 1 aliphatic carbocycles. The molecule has 23 heavy (non-hydrogen) atoms. The Hall–Kier alpha value is -1.60. The molecule has 0 atom stereocenters. The molecular weight excluding hydrogens is 317 g/mol. The van der Waals surface area contributed by atoms with Crippen molar-refractivity contribution in [1.29, 1.82) is 0 Å². The van der Waals surface area contributed by atoms with Crippen LogP contribution in [-0.2, 0) is 23.6 Å². The summed E-state index contributed by atoms with van der Waals surface area (Å²) in [5.74, 6) is 2.74. The van der Waals surface area contributed by atoms with Crippen molar-refractivity contribution < 1.29 is 13.9 Å². The molecule has 1 aromatic heterocycles. The Bertz CT molecular complexity index is 730. The van der Waals surface area contributed by atoms with Crippen molar-refractivity contribution in [1.82, 2.24) is 14.8 Å². The predicted octanol–water partition coefficient (Wildman–Crippen LogP) is 3.47. The van der Waals surface area contributed by atoms with Crippen molar-refractivity contribution in [2.24, 2.45) is 0 Å². The molecule has 7 heteroatoms. The number of fused-ring (bicyclic) bond motifs is 1. The average Bonchev–Trinajstić information content (AvgIpc) is 3.32. The van der Waals surface area contributed by atoms with Crippen LogP contribution in [0.5, 0.6) is 5.75 Å². The third kappa shape index (κ3) is 2.95. The fraction of sp³-hybridized carbons (Fsp3) is 0.500. The maximum absolute atomic E-state index is 13.8. The van der Waals surface area contributed by atoms with Crippen LogP contribution in [-0.4, -0.2) is 21.6 Å². The van der Waals surface area contributed by atoms with Crippen LogP contribution in [0.4, 0.5) is 4.39 Å². The molecular formula is C16H18FN3O2S. The first-order chi connectivity index (χ1) is 11.3. The highest BCUT2D eigenvalue weighted by atomic mass is 32.2. The van der Waals surface area contributed by atoms with Gasteiger partial charge >= 0.3 is 0 Å². The molecule has 1 saturated carbocycles. The van der Waals surface area contributed by atoms with E-state index in [9.17, 15) is 4.39 Å². The highest BCUT2D eigenvalue weighted by Gasteiger charge is 2.30. The van der Waals surface area contributed by atoms with E-state index in [0.717, 1.165) is 34.4 Å². The van der Waals surface area contributed by atoms with Crippen LogP contribution in [0.2, 0.25) is 0 Å². The Morgan fingerprint density at radius 2 is 2.22 bits per heavy atom. The van der Waals surface area contributed by atoms with Crippen molar-refractivity contribution in [3.63, 3.8) is 0 Å². The van der Waals surface area contributed by atoms with Crippen LogP contribution < -0.4 is 4.74 Å². The molecule has 0 saturated heterocycles. The van der Waals surface area contributed by atoms with E-state index in [-0.39, 0.29) is 12.6 Å². The van der Waals surface area contributed by atoms with Gasteiger partial charge in [-0.1, -0.05) is 11.8 Å². The van der Waals surface area contributed by atoms with Gasteiger partial charge in [-0.25, -0.2) is 4.39 Å². The zero-order valence-electron chi connectivity index (χ0n) is 12.9. The molecule has 2 aromatic rings. The van der Waals surface area contributed by atoms with Crippen LogP contribution in [0.15, 0.2) is 17.3 Å². The van der Waals surface area contributed by atoms with Gasteiger partial charge < -0.3 is 14.0 Å². The minimum absolute atomic E-state index is 0.216. The summed E-state index contributed by atoms with van der Waals surface area (Å²) in [5, 5.41) is 9.54. The van der Waals surface area contributed by atoms with Gasteiger partial charge in [-0.3, -0.25) is 0 Å². The van der Waals surface area contributed by atoms with Gasteiger partial charge in [0.05, 0.1) is 6.61 Å². The Labute approximate surface area is 138 Å². The van der Waals surface area contributed by atoms with Gasteiger partial charge in [0.25, 0.3) is 0 Å². The highest BCUT2D eigenvalue weighted by molar-refractivity contribution is 7.98. The lowest BCUT2D eigenvalue weighted by Gasteiger charge is -2.20. The first kappa shape index (κ1) is 15.0. The summed E-state index contributed by atoms with van der Waals surface area (Å²) < 4.78 is 26.7. The molecule has 0 radical (unpaired) electrons. The van der Waals surface area contributed by atoms with Gasteiger partial charge in [-0.2, -0.15) is 0 Å². The fourth-order valence-electron chi connectivity index (χ4n) is 2.85. The number of nitrogens with zero attached hydrogens (tertiary/aromatic N) is 3. The molecule has 2 aliphatic rings. The molecule has 1 aromatic carbocycles. The molecule has 122 valence electrons. The summed E-state index contributed by atoms with van der Waals surface area (Å²) >= 11 is 1.57. The van der Waals surface area contributed by atoms with Crippen LogP contribution in [0, 0.1) is 5.82 Å². The topological polar surface area (TPSA) is 49.2 Å². The maximum Gasteiger partial charge on any atom is 0.191 e. The number of benzene rings is 1. The summed E-state index contributed by atoms with van der Waals surface area (Å²) in [6, 6.07) is 3.01. The molecule has 2 heterocycles. The fourth-order valence-corrected chi connectivity index (χ4v) is 3.83. The summed E-state index contributed by atoms with van der Waals surface area (Å²) in [4.78, 5) is 0. The van der Waals surface area contributed by atoms with Crippen LogP contribution >= 0.6 is 11.8 Å². The number of hydrogen-bond donors (Lipinski definition) is 0. The number of rotatable bonds is 5. The lowest BCUT2D eigenvalue weighted by atomic mass is 10.1. The van der Waals surface area contributed by atoms with E-state index in [4.69, 9.17) is 9.47 Å². The van der Waals surface area contributed by atoms with Gasteiger partial charge in [-0.15, -0.1) is 10.2 Å². The van der Waals surface area contributed by atoms with Crippen molar-refractivity contribution in [2.45, 2.75) is 49.7 Å². The lowest BCUT2D eigenvalue weighted by molar-refractivity contribution is -0.0171. The maximum atomic E-state index is 13.8. The molecule has 1 fully saturated rings. The first-order valence-electron chi connectivity index (χ1n) is 7.84. The SMILES string of the molecule is CCn1c(SCc2cc(F)cc3c2OCOC3)nnc1C1CC1. The molecule has 0 N–H and O–H groups in total. The van der Waals surface area contributed by atoms with Gasteiger partial charge in [0.15, 0.2) is 11.9 Å². The van der Waals surface area contributed by atoms with Gasteiger partial charge in [0.1, 0.15) is 17.4 Å². The average molecular weight is 335 g/mol. The van der Waals surface area contributed by atoms with Gasteiger partial charge in [-0.05, 0) is 31.9 Å². The summed E-state index contributed by atoms with van der Waals surface area (Å²) in [6.07, 6.45) is 2.40. The van der Waals surface area contributed by atoms with Gasteiger partial charge in [0.2, 0.25) is 0 Å². The van der Waals surface area contributed by atoms with Crippen molar-refractivity contribution >= 4 is 11.8 Å². The molecule has 5 nitrogen and oxygen atoms in total. The van der Waals surface area contributed by atoms with E-state index in [1.165, 1.54) is 25.0 Å². The van der Waals surface area contributed by atoms with Crippen molar-refractivity contribution in [3.8, 4) is 5.75 Å². The third-order valence-electron chi connectivity index (χ3n) is 4.11. The number of halogens is 1. The normalized spacial score (nSPS) is 17.0. The Morgan fingerprint density at radius 3 is 3.00 bits per heavy atom. The zero-order chi connectivity index (χ0) is 15.8. The molecule has 0 bridgehead atoms. The molecule has 1 aliphatic heterocycles. The Morgan fingerprint density at radius 1 is 1.35 bits per heavy atom. The number of aromatic nitrogens is 3. The minimum Gasteiger partial charge on any atom is -0.467 e. The lowest BCUT2D eigenvalue weighted by Crippen LogP contribution is -2.13. The molecule has 0 amide bonds. The smallest absolute Gasteiger partial charge is 0.191 e. The summed E-state index contributed by atoms with van der Waals surface area (Å²) in [5.41, 5.74) is 1.61. The van der Waals surface area contributed by atoms with Crippen molar-refractivity contribution in [2.75, 3.05) is 6.79 Å². The quantitative estimate of drug-likeness (QED) is 0.783. The Kier molecular flexibility index (Phi) is 3.98. The van der Waals surface area contributed by atoms with E-state index in [2.05, 4.69) is 21.7 Å². The van der Waals surface area contributed by atoms with Crippen LogP contribution in [0.3, 0.4) is 0 Å². The van der Waals surface area contributed by atoms with Gasteiger partial charge in [0, 0.05) is 29.3 Å². The minimum atomic E-state index is -0.260. The first-order valence-corrected chi connectivity index (χ1v) is 8.82. The van der Waals surface area contributed by atoms with Crippen LogP contribution in [0.1, 0.15) is 42.6 Å². The second kappa shape index (κ2) is 6.13. The third-order valence-corrected chi connectivity index (χ3v) is 5.13. The number of ether oxygens (including phenoxy) is 2. The molecule has 0 unspecified atom stereocenters. The standard InChI is InChI=1S/C16H18FN3O2S/c1-2-20-15(10-3-4-10)18-19-16(20)23-8-12-6-13(17)5-11-7-21-9-22-14(11)12/h5-6,10H,2-4,7-9H2,1H3. The second-order valence-corrected chi connectivity index (χ2v) is 6.75. The van der Waals surface area contributed by atoms with E-state index < -0.39 is 0 Å². The summed E-state index contributed by atoms with van der Waals surface area (Å²) in [6.45, 7) is 3.56.